The number of anilines is 2. The Morgan fingerprint density at radius 3 is 2.76 bits per heavy atom. The molecule has 108 valence electrons. The third-order valence-corrected chi connectivity index (χ3v) is 4.97. The van der Waals surface area contributed by atoms with Crippen molar-refractivity contribution in [3.8, 4) is 0 Å². The van der Waals surface area contributed by atoms with E-state index in [1.165, 1.54) is 6.07 Å². The third kappa shape index (κ3) is 2.55. The molecule has 0 spiro atoms. The Morgan fingerprint density at radius 2 is 2.00 bits per heavy atom. The Kier molecular flexibility index (Phi) is 3.26. The molecular formula is C13H12N4O2S2. The number of nitrogens with two attached hydrogens (primary N) is 1. The number of nitrogens with zero attached hydrogens (tertiary/aromatic N) is 2. The van der Waals surface area contributed by atoms with E-state index in [1.807, 2.05) is 0 Å². The van der Waals surface area contributed by atoms with Gasteiger partial charge in [-0.15, -0.1) is 0 Å². The summed E-state index contributed by atoms with van der Waals surface area (Å²) in [5, 5.41) is 0. The van der Waals surface area contributed by atoms with Gasteiger partial charge in [-0.3, -0.25) is 4.72 Å². The quantitative estimate of drug-likeness (QED) is 0.722. The van der Waals surface area contributed by atoms with E-state index in [0.717, 1.165) is 17.3 Å². The first-order valence-corrected chi connectivity index (χ1v) is 8.29. The molecule has 2 aromatic carbocycles. The van der Waals surface area contributed by atoms with E-state index in [-0.39, 0.29) is 4.90 Å². The SMILES string of the molecule is Cc1cc(N)ccc1NS(=O)(=O)c1cccc2nsnc12. The molecule has 1 aromatic heterocycles. The minimum absolute atomic E-state index is 0.116. The van der Waals surface area contributed by atoms with E-state index >= 15 is 0 Å². The fourth-order valence-corrected chi connectivity index (χ4v) is 3.90. The van der Waals surface area contributed by atoms with Crippen LogP contribution in [0.1, 0.15) is 5.56 Å². The van der Waals surface area contributed by atoms with Gasteiger partial charge in [0.05, 0.1) is 17.4 Å². The first kappa shape index (κ1) is 13.8. The van der Waals surface area contributed by atoms with Crippen molar-refractivity contribution in [2.24, 2.45) is 0 Å². The van der Waals surface area contributed by atoms with Gasteiger partial charge in [0.2, 0.25) is 0 Å². The van der Waals surface area contributed by atoms with Crippen LogP contribution < -0.4 is 10.5 Å². The highest BCUT2D eigenvalue weighted by molar-refractivity contribution is 7.93. The molecular weight excluding hydrogens is 308 g/mol. The molecule has 1 heterocycles. The van der Waals surface area contributed by atoms with Crippen LogP contribution in [0.4, 0.5) is 11.4 Å². The second-order valence-corrected chi connectivity index (χ2v) is 6.75. The number of hydrogen-bond donors (Lipinski definition) is 2. The van der Waals surface area contributed by atoms with Crippen molar-refractivity contribution in [3.63, 3.8) is 0 Å². The molecule has 0 aliphatic rings. The average molecular weight is 320 g/mol. The molecule has 0 aliphatic heterocycles. The lowest BCUT2D eigenvalue weighted by molar-refractivity contribution is 0.602. The van der Waals surface area contributed by atoms with Gasteiger partial charge in [-0.2, -0.15) is 8.75 Å². The zero-order valence-corrected chi connectivity index (χ0v) is 12.7. The molecule has 0 saturated heterocycles. The maximum absolute atomic E-state index is 12.5. The number of hydrogen-bond acceptors (Lipinski definition) is 6. The number of benzene rings is 2. The highest BCUT2D eigenvalue weighted by Crippen LogP contribution is 2.25. The van der Waals surface area contributed by atoms with Crippen LogP contribution in [0.25, 0.3) is 11.0 Å². The van der Waals surface area contributed by atoms with Gasteiger partial charge < -0.3 is 5.73 Å². The van der Waals surface area contributed by atoms with E-state index in [1.54, 1.807) is 37.3 Å². The monoisotopic (exact) mass is 320 g/mol. The molecule has 21 heavy (non-hydrogen) atoms. The summed E-state index contributed by atoms with van der Waals surface area (Å²) in [6.07, 6.45) is 0. The lowest BCUT2D eigenvalue weighted by Gasteiger charge is -2.11. The van der Waals surface area contributed by atoms with Gasteiger partial charge in [0.15, 0.2) is 0 Å². The Labute approximate surface area is 126 Å². The number of rotatable bonds is 3. The topological polar surface area (TPSA) is 98.0 Å². The van der Waals surface area contributed by atoms with Crippen molar-refractivity contribution in [3.05, 3.63) is 42.0 Å². The highest BCUT2D eigenvalue weighted by atomic mass is 32.2. The van der Waals surface area contributed by atoms with Gasteiger partial charge in [0.25, 0.3) is 10.0 Å². The van der Waals surface area contributed by atoms with Crippen LogP contribution in [0, 0.1) is 6.92 Å². The molecule has 0 radical (unpaired) electrons. The Balaban J connectivity index is 2.06. The van der Waals surface area contributed by atoms with Crippen molar-refractivity contribution >= 4 is 44.2 Å². The maximum Gasteiger partial charge on any atom is 0.264 e. The first-order valence-electron chi connectivity index (χ1n) is 6.07. The van der Waals surface area contributed by atoms with E-state index in [0.29, 0.717) is 22.4 Å². The van der Waals surface area contributed by atoms with Gasteiger partial charge in [0.1, 0.15) is 15.9 Å². The summed E-state index contributed by atoms with van der Waals surface area (Å²) >= 11 is 0.986. The third-order valence-electron chi connectivity index (χ3n) is 3.03. The fraction of sp³-hybridized carbons (Fsp3) is 0.0769. The molecule has 0 unspecified atom stereocenters. The molecule has 0 saturated carbocycles. The summed E-state index contributed by atoms with van der Waals surface area (Å²) in [7, 11) is -3.73. The van der Waals surface area contributed by atoms with Crippen LogP contribution in [0.15, 0.2) is 41.3 Å². The molecule has 0 fully saturated rings. The smallest absolute Gasteiger partial charge is 0.264 e. The van der Waals surface area contributed by atoms with E-state index in [4.69, 9.17) is 5.73 Å². The standard InChI is InChI=1S/C13H12N4O2S2/c1-8-7-9(14)5-6-10(8)17-21(18,19)12-4-2-3-11-13(12)16-20-15-11/h2-7,17H,14H2,1H3. The van der Waals surface area contributed by atoms with Crippen LogP contribution in [-0.2, 0) is 10.0 Å². The van der Waals surface area contributed by atoms with E-state index in [9.17, 15) is 8.42 Å². The molecule has 0 atom stereocenters. The summed E-state index contributed by atoms with van der Waals surface area (Å²) < 4.78 is 35.8. The van der Waals surface area contributed by atoms with Gasteiger partial charge in [-0.1, -0.05) is 6.07 Å². The van der Waals surface area contributed by atoms with E-state index < -0.39 is 10.0 Å². The van der Waals surface area contributed by atoms with Gasteiger partial charge in [-0.25, -0.2) is 8.42 Å². The molecule has 0 amide bonds. The van der Waals surface area contributed by atoms with Gasteiger partial charge >= 0.3 is 0 Å². The predicted molar refractivity (Wildman–Crippen MR) is 83.8 cm³/mol. The normalized spacial score (nSPS) is 11.7. The van der Waals surface area contributed by atoms with Crippen molar-refractivity contribution in [1.29, 1.82) is 0 Å². The minimum atomic E-state index is -3.73. The number of aryl methyl sites for hydroxylation is 1. The lowest BCUT2D eigenvalue weighted by atomic mass is 10.2. The number of aromatic nitrogens is 2. The van der Waals surface area contributed by atoms with Crippen molar-refractivity contribution in [2.45, 2.75) is 11.8 Å². The zero-order valence-electron chi connectivity index (χ0n) is 11.1. The molecule has 0 aliphatic carbocycles. The van der Waals surface area contributed by atoms with Crippen LogP contribution in [0.5, 0.6) is 0 Å². The summed E-state index contributed by atoms with van der Waals surface area (Å²) in [6, 6.07) is 9.89. The molecule has 0 bridgehead atoms. The molecule has 3 aromatic rings. The Morgan fingerprint density at radius 1 is 1.19 bits per heavy atom. The van der Waals surface area contributed by atoms with Crippen molar-refractivity contribution in [2.75, 3.05) is 10.5 Å². The zero-order chi connectivity index (χ0) is 15.0. The minimum Gasteiger partial charge on any atom is -0.399 e. The van der Waals surface area contributed by atoms with Gasteiger partial charge in [-0.05, 0) is 42.8 Å². The maximum atomic E-state index is 12.5. The molecule has 8 heteroatoms. The second kappa shape index (κ2) is 4.97. The van der Waals surface area contributed by atoms with E-state index in [2.05, 4.69) is 13.5 Å². The van der Waals surface area contributed by atoms with Crippen LogP contribution in [-0.4, -0.2) is 17.2 Å². The predicted octanol–water partition coefficient (Wildman–Crippen LogP) is 2.38. The van der Waals surface area contributed by atoms with Crippen LogP contribution in [0.2, 0.25) is 0 Å². The molecule has 3 N–H and O–H groups in total. The second-order valence-electron chi connectivity index (χ2n) is 4.57. The van der Waals surface area contributed by atoms with Crippen LogP contribution >= 0.6 is 11.7 Å². The average Bonchev–Trinajstić information content (AvgIpc) is 2.90. The van der Waals surface area contributed by atoms with Crippen molar-refractivity contribution < 1.29 is 8.42 Å². The number of sulfonamides is 1. The number of nitrogen functional groups attached to an aromatic ring is 1. The molecule has 3 rings (SSSR count). The number of nitrogens with one attached hydrogen (secondary N) is 1. The van der Waals surface area contributed by atoms with Crippen molar-refractivity contribution in [1.82, 2.24) is 8.75 Å². The summed E-state index contributed by atoms with van der Waals surface area (Å²) in [5.74, 6) is 0. The Hall–Kier alpha value is -2.19. The van der Waals surface area contributed by atoms with Crippen LogP contribution in [0.3, 0.4) is 0 Å². The number of fused-ring (bicyclic) bond motifs is 1. The summed E-state index contributed by atoms with van der Waals surface area (Å²) in [4.78, 5) is 0.116. The highest BCUT2D eigenvalue weighted by Gasteiger charge is 2.20. The Bertz CT molecular complexity index is 919. The van der Waals surface area contributed by atoms with Gasteiger partial charge in [0, 0.05) is 5.69 Å². The largest absolute Gasteiger partial charge is 0.399 e. The fourth-order valence-electron chi connectivity index (χ4n) is 2.00. The summed E-state index contributed by atoms with van der Waals surface area (Å²) in [5.41, 5.74) is 8.44. The first-order chi connectivity index (χ1) is 9.97. The molecule has 6 nitrogen and oxygen atoms in total. The lowest BCUT2D eigenvalue weighted by Crippen LogP contribution is -2.14. The summed E-state index contributed by atoms with van der Waals surface area (Å²) in [6.45, 7) is 1.79.